The molecule has 1 fully saturated rings. The Hall–Kier alpha value is -0.800. The highest BCUT2D eigenvalue weighted by atomic mass is 35.5. The van der Waals surface area contributed by atoms with E-state index in [-0.39, 0.29) is 0 Å². The van der Waals surface area contributed by atoms with E-state index in [9.17, 15) is 0 Å². The summed E-state index contributed by atoms with van der Waals surface area (Å²) in [6.45, 7) is 4.33. The van der Waals surface area contributed by atoms with E-state index in [1.54, 1.807) is 0 Å². The average Bonchev–Trinajstić information content (AvgIpc) is 2.43. The Balaban J connectivity index is 1.85. The number of anilines is 1. The molecular formula is C16H23ClN2S. The molecule has 0 aliphatic heterocycles. The maximum atomic E-state index is 6.02. The van der Waals surface area contributed by atoms with Crippen LogP contribution in [0.1, 0.15) is 44.6 Å². The smallest absolute Gasteiger partial charge is 0.171 e. The maximum absolute atomic E-state index is 6.02. The van der Waals surface area contributed by atoms with Crippen molar-refractivity contribution in [1.29, 1.82) is 0 Å². The summed E-state index contributed by atoms with van der Waals surface area (Å²) >= 11 is 11.4. The Morgan fingerprint density at radius 3 is 2.65 bits per heavy atom. The number of aryl methyl sites for hydroxylation is 1. The zero-order valence-corrected chi connectivity index (χ0v) is 13.8. The van der Waals surface area contributed by atoms with Gasteiger partial charge >= 0.3 is 0 Å². The normalized spacial score (nSPS) is 22.4. The number of rotatable bonds is 3. The van der Waals surface area contributed by atoms with Crippen molar-refractivity contribution in [2.24, 2.45) is 5.92 Å². The van der Waals surface area contributed by atoms with Crippen LogP contribution in [0.3, 0.4) is 0 Å². The highest BCUT2D eigenvalue weighted by Crippen LogP contribution is 2.26. The van der Waals surface area contributed by atoms with Crippen molar-refractivity contribution >= 4 is 34.6 Å². The summed E-state index contributed by atoms with van der Waals surface area (Å²) in [7, 11) is 0. The molecule has 0 bridgehead atoms. The molecule has 4 heteroatoms. The first-order chi connectivity index (χ1) is 9.58. The van der Waals surface area contributed by atoms with Crippen LogP contribution in [0.2, 0.25) is 5.02 Å². The van der Waals surface area contributed by atoms with E-state index in [4.69, 9.17) is 23.8 Å². The number of hydrogen-bond donors (Lipinski definition) is 2. The van der Waals surface area contributed by atoms with E-state index in [1.807, 2.05) is 25.1 Å². The fraction of sp³-hybridized carbons (Fsp3) is 0.562. The number of benzene rings is 1. The predicted molar refractivity (Wildman–Crippen MR) is 91.6 cm³/mol. The minimum Gasteiger partial charge on any atom is -0.360 e. The van der Waals surface area contributed by atoms with Gasteiger partial charge in [-0.15, -0.1) is 0 Å². The first-order valence-electron chi connectivity index (χ1n) is 7.42. The first kappa shape index (κ1) is 15.6. The first-order valence-corrected chi connectivity index (χ1v) is 8.20. The van der Waals surface area contributed by atoms with E-state index >= 15 is 0 Å². The molecule has 2 N–H and O–H groups in total. The third-order valence-corrected chi connectivity index (χ3v) is 4.66. The van der Waals surface area contributed by atoms with Gasteiger partial charge in [-0.3, -0.25) is 0 Å². The minimum atomic E-state index is 0.511. The van der Waals surface area contributed by atoms with Crippen LogP contribution in [0.15, 0.2) is 18.2 Å². The van der Waals surface area contributed by atoms with Gasteiger partial charge in [-0.25, -0.2) is 0 Å². The van der Waals surface area contributed by atoms with Crippen LogP contribution >= 0.6 is 23.8 Å². The van der Waals surface area contributed by atoms with Gasteiger partial charge in [0.05, 0.1) is 0 Å². The predicted octanol–water partition coefficient (Wildman–Crippen LogP) is 4.90. The Morgan fingerprint density at radius 2 is 2.00 bits per heavy atom. The van der Waals surface area contributed by atoms with Crippen molar-refractivity contribution < 1.29 is 0 Å². The SMILES string of the molecule is CCC1CCC(NC(=S)Nc2cc(Cl)ccc2C)CC1. The molecule has 0 aromatic heterocycles. The van der Waals surface area contributed by atoms with Crippen molar-refractivity contribution in [1.82, 2.24) is 5.32 Å². The van der Waals surface area contributed by atoms with E-state index in [0.717, 1.165) is 22.2 Å². The summed E-state index contributed by atoms with van der Waals surface area (Å²) in [5.74, 6) is 0.907. The van der Waals surface area contributed by atoms with Gasteiger partial charge < -0.3 is 10.6 Å². The lowest BCUT2D eigenvalue weighted by molar-refractivity contribution is 0.306. The molecular weight excluding hydrogens is 288 g/mol. The average molecular weight is 311 g/mol. The van der Waals surface area contributed by atoms with E-state index < -0.39 is 0 Å². The topological polar surface area (TPSA) is 24.1 Å². The van der Waals surface area contributed by atoms with Crippen LogP contribution in [0, 0.1) is 12.8 Å². The molecule has 20 heavy (non-hydrogen) atoms. The summed E-state index contributed by atoms with van der Waals surface area (Å²) in [6.07, 6.45) is 6.36. The van der Waals surface area contributed by atoms with Gasteiger partial charge in [-0.05, 0) is 68.4 Å². The fourth-order valence-corrected chi connectivity index (χ4v) is 3.24. The van der Waals surface area contributed by atoms with Crippen molar-refractivity contribution in [2.75, 3.05) is 5.32 Å². The molecule has 1 aromatic carbocycles. The Morgan fingerprint density at radius 1 is 1.30 bits per heavy atom. The van der Waals surface area contributed by atoms with Crippen molar-refractivity contribution in [3.8, 4) is 0 Å². The second-order valence-corrected chi connectivity index (χ2v) is 6.53. The highest BCUT2D eigenvalue weighted by molar-refractivity contribution is 7.80. The molecule has 0 spiro atoms. The summed E-state index contributed by atoms with van der Waals surface area (Å²) in [5.41, 5.74) is 2.13. The third kappa shape index (κ3) is 4.35. The summed E-state index contributed by atoms with van der Waals surface area (Å²) in [5, 5.41) is 8.13. The van der Waals surface area contributed by atoms with Gasteiger partial charge in [0.25, 0.3) is 0 Å². The zero-order valence-electron chi connectivity index (χ0n) is 12.2. The number of thiocarbonyl (C=S) groups is 1. The molecule has 0 atom stereocenters. The lowest BCUT2D eigenvalue weighted by Gasteiger charge is -2.29. The standard InChI is InChI=1S/C16H23ClN2S/c1-3-12-5-8-14(9-6-12)18-16(20)19-15-10-13(17)7-4-11(15)2/h4,7,10,12,14H,3,5-6,8-9H2,1-2H3,(H2,18,19,20). The lowest BCUT2D eigenvalue weighted by atomic mass is 9.85. The molecule has 0 radical (unpaired) electrons. The number of hydrogen-bond acceptors (Lipinski definition) is 1. The highest BCUT2D eigenvalue weighted by Gasteiger charge is 2.20. The third-order valence-electron chi connectivity index (χ3n) is 4.21. The molecule has 2 rings (SSSR count). The van der Waals surface area contributed by atoms with Crippen LogP contribution in [0.25, 0.3) is 0 Å². The molecule has 0 saturated heterocycles. The summed E-state index contributed by atoms with van der Waals surface area (Å²) < 4.78 is 0. The van der Waals surface area contributed by atoms with Gasteiger partial charge in [0.1, 0.15) is 0 Å². The van der Waals surface area contributed by atoms with Crippen molar-refractivity contribution in [3.63, 3.8) is 0 Å². The van der Waals surface area contributed by atoms with Crippen molar-refractivity contribution in [2.45, 2.75) is 52.0 Å². The second-order valence-electron chi connectivity index (χ2n) is 5.68. The van der Waals surface area contributed by atoms with Crippen LogP contribution in [-0.4, -0.2) is 11.2 Å². The maximum Gasteiger partial charge on any atom is 0.171 e. The number of halogens is 1. The fourth-order valence-electron chi connectivity index (χ4n) is 2.79. The van der Waals surface area contributed by atoms with Gasteiger partial charge in [0.15, 0.2) is 5.11 Å². The molecule has 110 valence electrons. The Bertz CT molecular complexity index is 468. The van der Waals surface area contributed by atoms with Gasteiger partial charge in [0.2, 0.25) is 0 Å². The lowest BCUT2D eigenvalue weighted by Crippen LogP contribution is -2.40. The Labute approximate surface area is 132 Å². The van der Waals surface area contributed by atoms with E-state index in [1.165, 1.54) is 32.1 Å². The molecule has 1 aliphatic carbocycles. The molecule has 0 amide bonds. The molecule has 2 nitrogen and oxygen atoms in total. The monoisotopic (exact) mass is 310 g/mol. The largest absolute Gasteiger partial charge is 0.360 e. The molecule has 1 saturated carbocycles. The van der Waals surface area contributed by atoms with Gasteiger partial charge in [-0.1, -0.05) is 31.0 Å². The summed E-state index contributed by atoms with van der Waals surface area (Å²) in [6, 6.07) is 6.32. The van der Waals surface area contributed by atoms with E-state index in [2.05, 4.69) is 17.6 Å². The molecule has 1 aliphatic rings. The van der Waals surface area contributed by atoms with Crippen LogP contribution in [0.4, 0.5) is 5.69 Å². The minimum absolute atomic E-state index is 0.511. The quantitative estimate of drug-likeness (QED) is 0.776. The van der Waals surface area contributed by atoms with Crippen LogP contribution in [-0.2, 0) is 0 Å². The molecule has 0 unspecified atom stereocenters. The molecule has 1 aromatic rings. The van der Waals surface area contributed by atoms with Gasteiger partial charge in [0, 0.05) is 16.8 Å². The summed E-state index contributed by atoms with van der Waals surface area (Å²) in [4.78, 5) is 0. The second kappa shape index (κ2) is 7.28. The van der Waals surface area contributed by atoms with Crippen molar-refractivity contribution in [3.05, 3.63) is 28.8 Å². The Kier molecular flexibility index (Phi) is 5.67. The van der Waals surface area contributed by atoms with Crippen LogP contribution < -0.4 is 10.6 Å². The molecule has 0 heterocycles. The van der Waals surface area contributed by atoms with Crippen LogP contribution in [0.5, 0.6) is 0 Å². The van der Waals surface area contributed by atoms with Gasteiger partial charge in [-0.2, -0.15) is 0 Å². The zero-order chi connectivity index (χ0) is 14.5. The van der Waals surface area contributed by atoms with E-state index in [0.29, 0.717) is 11.2 Å². The number of nitrogens with one attached hydrogen (secondary N) is 2.